The molecule has 1 aromatic heterocycles. The molecule has 0 aromatic carbocycles. The summed E-state index contributed by atoms with van der Waals surface area (Å²) in [6.45, 7) is 4.30. The van der Waals surface area contributed by atoms with Crippen molar-refractivity contribution in [1.82, 2.24) is 10.2 Å². The van der Waals surface area contributed by atoms with Gasteiger partial charge in [0.05, 0.1) is 0 Å². The molecular formula is C8H10Cl2N2S. The lowest BCUT2D eigenvalue weighted by molar-refractivity contribution is 0.750. The lowest BCUT2D eigenvalue weighted by Gasteiger charge is -2.04. The maximum atomic E-state index is 5.83. The fraction of sp³-hybridized carbons (Fsp3) is 0.500. The van der Waals surface area contributed by atoms with Crippen LogP contribution in [0.1, 0.15) is 13.8 Å². The van der Waals surface area contributed by atoms with Gasteiger partial charge in [-0.05, 0) is 12.0 Å². The first kappa shape index (κ1) is 11.1. The van der Waals surface area contributed by atoms with Gasteiger partial charge < -0.3 is 0 Å². The predicted molar refractivity (Wildman–Crippen MR) is 57.6 cm³/mol. The van der Waals surface area contributed by atoms with Crippen LogP contribution in [0, 0.1) is 5.92 Å². The molecule has 1 rings (SSSR count). The van der Waals surface area contributed by atoms with Crippen LogP contribution in [0.3, 0.4) is 0 Å². The summed E-state index contributed by atoms with van der Waals surface area (Å²) in [5.41, 5.74) is 0. The van der Waals surface area contributed by atoms with Gasteiger partial charge in [0.15, 0.2) is 10.3 Å². The normalized spacial score (nSPS) is 10.8. The van der Waals surface area contributed by atoms with Gasteiger partial charge in [0.2, 0.25) is 0 Å². The molecule has 0 amide bonds. The Morgan fingerprint density at radius 1 is 1.38 bits per heavy atom. The number of hydrogen-bond acceptors (Lipinski definition) is 3. The van der Waals surface area contributed by atoms with Crippen molar-refractivity contribution in [2.45, 2.75) is 18.7 Å². The molecular weight excluding hydrogens is 227 g/mol. The summed E-state index contributed by atoms with van der Waals surface area (Å²) in [7, 11) is 0. The molecule has 0 unspecified atom stereocenters. The van der Waals surface area contributed by atoms with Crippen LogP contribution in [0.2, 0.25) is 10.3 Å². The van der Waals surface area contributed by atoms with E-state index in [1.54, 1.807) is 17.8 Å². The van der Waals surface area contributed by atoms with E-state index in [2.05, 4.69) is 24.0 Å². The van der Waals surface area contributed by atoms with Gasteiger partial charge in [-0.3, -0.25) is 0 Å². The van der Waals surface area contributed by atoms with Crippen LogP contribution in [-0.4, -0.2) is 16.0 Å². The topological polar surface area (TPSA) is 25.8 Å². The molecule has 0 N–H and O–H groups in total. The first-order valence-electron chi connectivity index (χ1n) is 3.91. The third-order valence-corrected chi connectivity index (χ3v) is 3.29. The molecule has 0 atom stereocenters. The van der Waals surface area contributed by atoms with E-state index in [0.717, 1.165) is 10.6 Å². The van der Waals surface area contributed by atoms with Crippen molar-refractivity contribution in [3.63, 3.8) is 0 Å². The van der Waals surface area contributed by atoms with Gasteiger partial charge in [0, 0.05) is 10.6 Å². The lowest BCUT2D eigenvalue weighted by atomic mass is 10.3. The Bertz CT molecular complexity index is 291. The minimum absolute atomic E-state index is 0.385. The van der Waals surface area contributed by atoms with E-state index >= 15 is 0 Å². The highest BCUT2D eigenvalue weighted by atomic mass is 35.5. The standard InChI is InChI=1S/C8H10Cl2N2S/c1-5(2)4-13-6-3-7(9)11-12-8(6)10/h3,5H,4H2,1-2H3. The maximum Gasteiger partial charge on any atom is 0.165 e. The number of thioether (sulfide) groups is 1. The van der Waals surface area contributed by atoms with E-state index in [-0.39, 0.29) is 0 Å². The Balaban J connectivity index is 2.70. The highest BCUT2D eigenvalue weighted by Crippen LogP contribution is 2.27. The second-order valence-corrected chi connectivity index (χ2v) is 4.83. The van der Waals surface area contributed by atoms with E-state index < -0.39 is 0 Å². The zero-order chi connectivity index (χ0) is 9.84. The minimum atomic E-state index is 0.385. The molecule has 0 saturated carbocycles. The molecule has 0 spiro atoms. The quantitative estimate of drug-likeness (QED) is 0.752. The Kier molecular flexibility index (Phi) is 4.29. The van der Waals surface area contributed by atoms with Gasteiger partial charge in [-0.25, -0.2) is 0 Å². The van der Waals surface area contributed by atoms with E-state index in [1.807, 2.05) is 0 Å². The molecule has 0 aliphatic carbocycles. The fourth-order valence-electron chi connectivity index (χ4n) is 0.695. The van der Waals surface area contributed by atoms with Crippen LogP contribution in [-0.2, 0) is 0 Å². The van der Waals surface area contributed by atoms with Gasteiger partial charge in [-0.1, -0.05) is 37.0 Å². The number of halogens is 2. The summed E-state index contributed by atoms with van der Waals surface area (Å²) >= 11 is 13.2. The highest BCUT2D eigenvalue weighted by Gasteiger charge is 2.05. The number of nitrogens with zero attached hydrogens (tertiary/aromatic N) is 2. The maximum absolute atomic E-state index is 5.83. The predicted octanol–water partition coefficient (Wildman–Crippen LogP) is 3.53. The van der Waals surface area contributed by atoms with Crippen LogP contribution in [0.15, 0.2) is 11.0 Å². The molecule has 1 aromatic rings. The Morgan fingerprint density at radius 3 is 2.69 bits per heavy atom. The van der Waals surface area contributed by atoms with E-state index in [0.29, 0.717) is 16.2 Å². The number of aromatic nitrogens is 2. The largest absolute Gasteiger partial charge is 0.165 e. The fourth-order valence-corrected chi connectivity index (χ4v) is 2.03. The molecule has 72 valence electrons. The third-order valence-electron chi connectivity index (χ3n) is 1.26. The zero-order valence-electron chi connectivity index (χ0n) is 7.42. The molecule has 0 saturated heterocycles. The SMILES string of the molecule is CC(C)CSc1cc(Cl)nnc1Cl. The molecule has 0 radical (unpaired) electrons. The molecule has 1 heterocycles. The van der Waals surface area contributed by atoms with Gasteiger partial charge in [-0.2, -0.15) is 0 Å². The van der Waals surface area contributed by atoms with E-state index in [9.17, 15) is 0 Å². The Labute approximate surface area is 92.0 Å². The molecule has 5 heteroatoms. The molecule has 2 nitrogen and oxygen atoms in total. The second kappa shape index (κ2) is 5.03. The van der Waals surface area contributed by atoms with Crippen molar-refractivity contribution in [2.75, 3.05) is 5.75 Å². The monoisotopic (exact) mass is 236 g/mol. The number of rotatable bonds is 3. The third kappa shape index (κ3) is 3.71. The van der Waals surface area contributed by atoms with Crippen LogP contribution < -0.4 is 0 Å². The summed E-state index contributed by atoms with van der Waals surface area (Å²) in [4.78, 5) is 0.898. The minimum Gasteiger partial charge on any atom is -0.137 e. The molecule has 0 fully saturated rings. The summed E-state index contributed by atoms with van der Waals surface area (Å²) < 4.78 is 0. The average Bonchev–Trinajstić information content (AvgIpc) is 2.06. The van der Waals surface area contributed by atoms with Crippen LogP contribution in [0.4, 0.5) is 0 Å². The van der Waals surface area contributed by atoms with Crippen molar-refractivity contribution < 1.29 is 0 Å². The lowest BCUT2D eigenvalue weighted by Crippen LogP contribution is -1.92. The van der Waals surface area contributed by atoms with Gasteiger partial charge in [-0.15, -0.1) is 22.0 Å². The highest BCUT2D eigenvalue weighted by molar-refractivity contribution is 7.99. The van der Waals surface area contributed by atoms with Crippen molar-refractivity contribution in [2.24, 2.45) is 5.92 Å². The molecule has 0 aliphatic rings. The summed E-state index contributed by atoms with van der Waals surface area (Å²) in [6, 6.07) is 1.74. The van der Waals surface area contributed by atoms with Gasteiger partial charge in [0.25, 0.3) is 0 Å². The van der Waals surface area contributed by atoms with Crippen molar-refractivity contribution in [1.29, 1.82) is 0 Å². The van der Waals surface area contributed by atoms with Crippen molar-refractivity contribution in [3.8, 4) is 0 Å². The smallest absolute Gasteiger partial charge is 0.137 e. The summed E-state index contributed by atoms with van der Waals surface area (Å²) in [5, 5.41) is 8.17. The summed E-state index contributed by atoms with van der Waals surface area (Å²) in [6.07, 6.45) is 0. The number of hydrogen-bond donors (Lipinski definition) is 0. The average molecular weight is 237 g/mol. The molecule has 0 bridgehead atoms. The van der Waals surface area contributed by atoms with Crippen LogP contribution in [0.5, 0.6) is 0 Å². The molecule has 0 aliphatic heterocycles. The van der Waals surface area contributed by atoms with Crippen LogP contribution >= 0.6 is 35.0 Å². The van der Waals surface area contributed by atoms with E-state index in [1.165, 1.54) is 0 Å². The van der Waals surface area contributed by atoms with Crippen molar-refractivity contribution in [3.05, 3.63) is 16.4 Å². The van der Waals surface area contributed by atoms with E-state index in [4.69, 9.17) is 23.2 Å². The van der Waals surface area contributed by atoms with Crippen LogP contribution in [0.25, 0.3) is 0 Å². The van der Waals surface area contributed by atoms with Gasteiger partial charge in [0.1, 0.15) is 0 Å². The first-order chi connectivity index (χ1) is 6.09. The van der Waals surface area contributed by atoms with Gasteiger partial charge >= 0.3 is 0 Å². The van der Waals surface area contributed by atoms with Crippen molar-refractivity contribution >= 4 is 35.0 Å². The zero-order valence-corrected chi connectivity index (χ0v) is 9.75. The molecule has 13 heavy (non-hydrogen) atoms. The Hall–Kier alpha value is 0.01000. The first-order valence-corrected chi connectivity index (χ1v) is 5.65. The Morgan fingerprint density at radius 2 is 2.08 bits per heavy atom. The second-order valence-electron chi connectivity index (χ2n) is 3.03. The summed E-state index contributed by atoms with van der Waals surface area (Å²) in [5.74, 6) is 1.62.